The zero-order chi connectivity index (χ0) is 17.8. The molecule has 4 heterocycles. The molecular weight excluding hydrogens is 330 g/mol. The van der Waals surface area contributed by atoms with Crippen LogP contribution in [-0.2, 0) is 30.3 Å². The normalized spacial score (nSPS) is 30.5. The number of anilines is 1. The highest BCUT2D eigenvalue weighted by atomic mass is 16.8. The van der Waals surface area contributed by atoms with Crippen LogP contribution in [0, 0.1) is 0 Å². The molecule has 4 atom stereocenters. The topological polar surface area (TPSA) is 124 Å². The second-order valence-electron chi connectivity index (χ2n) is 6.55. The Bertz CT molecular complexity index is 822. The van der Waals surface area contributed by atoms with Gasteiger partial charge in [0.1, 0.15) is 17.9 Å². The number of imidazole rings is 1. The molecule has 0 unspecified atom stereocenters. The smallest absolute Gasteiger partial charge is 0.303 e. The molecule has 0 aliphatic carbocycles. The van der Waals surface area contributed by atoms with E-state index in [1.54, 1.807) is 24.7 Å². The van der Waals surface area contributed by atoms with Crippen molar-refractivity contribution in [3.63, 3.8) is 0 Å². The number of hydrogen-bond donors (Lipinski definition) is 1. The predicted molar refractivity (Wildman–Crippen MR) is 84.0 cm³/mol. The Hall–Kier alpha value is -2.30. The molecule has 2 N–H and O–H groups in total. The summed E-state index contributed by atoms with van der Waals surface area (Å²) in [5.74, 6) is -0.894. The molecule has 0 radical (unpaired) electrons. The van der Waals surface area contributed by atoms with Crippen LogP contribution in [0.1, 0.15) is 20.8 Å². The molecule has 2 aliphatic heterocycles. The second-order valence-corrected chi connectivity index (χ2v) is 6.55. The SMILES string of the molecule is CC(=O)O[C@@H]1[C@H]2OC(C)(C)O[C@H]2O[C@H]1Cn1cnc2c(N)ncnc21. The molecule has 2 aromatic heterocycles. The predicted octanol–water partition coefficient (Wildman–Crippen LogP) is 0.217. The van der Waals surface area contributed by atoms with Gasteiger partial charge in [-0.25, -0.2) is 15.0 Å². The number of nitrogen functional groups attached to an aromatic ring is 1. The van der Waals surface area contributed by atoms with Gasteiger partial charge >= 0.3 is 5.97 Å². The maximum absolute atomic E-state index is 11.5. The molecule has 134 valence electrons. The average Bonchev–Trinajstić information content (AvgIpc) is 3.13. The Morgan fingerprint density at radius 1 is 1.36 bits per heavy atom. The van der Waals surface area contributed by atoms with Crippen molar-refractivity contribution in [2.24, 2.45) is 0 Å². The van der Waals surface area contributed by atoms with E-state index in [9.17, 15) is 4.79 Å². The van der Waals surface area contributed by atoms with Crippen molar-refractivity contribution in [1.29, 1.82) is 0 Å². The lowest BCUT2D eigenvalue weighted by Crippen LogP contribution is -2.39. The van der Waals surface area contributed by atoms with Crippen molar-refractivity contribution >= 4 is 23.0 Å². The lowest BCUT2D eigenvalue weighted by Gasteiger charge is -2.25. The summed E-state index contributed by atoms with van der Waals surface area (Å²) in [5.41, 5.74) is 6.90. The van der Waals surface area contributed by atoms with Gasteiger partial charge in [0.2, 0.25) is 0 Å². The Kier molecular flexibility index (Phi) is 3.63. The Morgan fingerprint density at radius 3 is 2.92 bits per heavy atom. The first-order valence-electron chi connectivity index (χ1n) is 7.94. The number of carbonyl (C=O) groups excluding carboxylic acids is 1. The summed E-state index contributed by atoms with van der Waals surface area (Å²) in [6.45, 7) is 5.28. The third-order valence-corrected chi connectivity index (χ3v) is 4.20. The van der Waals surface area contributed by atoms with E-state index in [1.165, 1.54) is 13.3 Å². The molecule has 10 nitrogen and oxygen atoms in total. The molecule has 10 heteroatoms. The van der Waals surface area contributed by atoms with Crippen molar-refractivity contribution in [1.82, 2.24) is 19.5 Å². The van der Waals surface area contributed by atoms with Gasteiger partial charge in [0.05, 0.1) is 12.9 Å². The fraction of sp³-hybridized carbons (Fsp3) is 0.600. The molecular formula is C15H19N5O5. The summed E-state index contributed by atoms with van der Waals surface area (Å²) in [6.07, 6.45) is 0.823. The first-order chi connectivity index (χ1) is 11.8. The lowest BCUT2D eigenvalue weighted by molar-refractivity contribution is -0.219. The van der Waals surface area contributed by atoms with E-state index in [0.29, 0.717) is 23.5 Å². The van der Waals surface area contributed by atoms with E-state index < -0.39 is 36.4 Å². The molecule has 4 rings (SSSR count). The van der Waals surface area contributed by atoms with E-state index in [-0.39, 0.29) is 0 Å². The van der Waals surface area contributed by atoms with E-state index in [1.807, 2.05) is 0 Å². The number of rotatable bonds is 3. The maximum atomic E-state index is 11.5. The number of nitrogens with two attached hydrogens (primary N) is 1. The van der Waals surface area contributed by atoms with Gasteiger partial charge in [-0.15, -0.1) is 0 Å². The number of carbonyl (C=O) groups is 1. The van der Waals surface area contributed by atoms with Gasteiger partial charge < -0.3 is 29.2 Å². The zero-order valence-electron chi connectivity index (χ0n) is 14.1. The minimum atomic E-state index is -0.790. The zero-order valence-corrected chi connectivity index (χ0v) is 14.1. The Labute approximate surface area is 143 Å². The number of esters is 1. The quantitative estimate of drug-likeness (QED) is 0.775. The second kappa shape index (κ2) is 5.61. The van der Waals surface area contributed by atoms with Crippen LogP contribution in [0.25, 0.3) is 11.2 Å². The summed E-state index contributed by atoms with van der Waals surface area (Å²) in [5, 5.41) is 0. The average molecular weight is 349 g/mol. The fourth-order valence-corrected chi connectivity index (χ4v) is 3.25. The van der Waals surface area contributed by atoms with Crippen LogP contribution in [-0.4, -0.2) is 55.9 Å². The molecule has 0 bridgehead atoms. The minimum Gasteiger partial charge on any atom is -0.457 e. The molecule has 0 aromatic carbocycles. The molecule has 2 aliphatic rings. The summed E-state index contributed by atoms with van der Waals surface area (Å²) < 4.78 is 24.8. The van der Waals surface area contributed by atoms with Crippen LogP contribution in [0.3, 0.4) is 0 Å². The van der Waals surface area contributed by atoms with Crippen LogP contribution in [0.4, 0.5) is 5.82 Å². The molecule has 2 saturated heterocycles. The molecule has 25 heavy (non-hydrogen) atoms. The highest BCUT2D eigenvalue weighted by Crippen LogP contribution is 2.39. The van der Waals surface area contributed by atoms with Crippen LogP contribution in [0.2, 0.25) is 0 Å². The Morgan fingerprint density at radius 2 is 2.16 bits per heavy atom. The molecule has 2 fully saturated rings. The first kappa shape index (κ1) is 16.2. The van der Waals surface area contributed by atoms with Crippen LogP contribution in [0.15, 0.2) is 12.7 Å². The number of ether oxygens (including phenoxy) is 4. The van der Waals surface area contributed by atoms with E-state index in [0.717, 1.165) is 0 Å². The molecule has 2 aromatic rings. The van der Waals surface area contributed by atoms with E-state index in [4.69, 9.17) is 24.7 Å². The standard InChI is InChI=1S/C15H19N5O5/c1-7(21)22-10-8(23-14-11(10)24-15(2,3)25-14)4-20-6-19-9-12(16)17-5-18-13(9)20/h5-6,8,10-11,14H,4H2,1-3H3,(H2,16,17,18)/t8-,10-,11+,14+/m0/s1. The monoisotopic (exact) mass is 349 g/mol. The number of aromatic nitrogens is 4. The first-order valence-corrected chi connectivity index (χ1v) is 7.94. The lowest BCUT2D eigenvalue weighted by atomic mass is 10.1. The van der Waals surface area contributed by atoms with Crippen molar-refractivity contribution in [3.8, 4) is 0 Å². The van der Waals surface area contributed by atoms with Gasteiger partial charge in [-0.2, -0.15) is 0 Å². The van der Waals surface area contributed by atoms with E-state index in [2.05, 4.69) is 15.0 Å². The highest BCUT2D eigenvalue weighted by molar-refractivity contribution is 5.81. The highest BCUT2D eigenvalue weighted by Gasteiger charge is 2.56. The van der Waals surface area contributed by atoms with Crippen molar-refractivity contribution in [2.45, 2.75) is 57.7 Å². The molecule has 0 amide bonds. The van der Waals surface area contributed by atoms with Gasteiger partial charge in [-0.1, -0.05) is 0 Å². The van der Waals surface area contributed by atoms with Crippen molar-refractivity contribution in [2.75, 3.05) is 5.73 Å². The van der Waals surface area contributed by atoms with Crippen LogP contribution >= 0.6 is 0 Å². The summed E-state index contributed by atoms with van der Waals surface area (Å²) >= 11 is 0. The summed E-state index contributed by atoms with van der Waals surface area (Å²) in [4.78, 5) is 23.9. The summed E-state index contributed by atoms with van der Waals surface area (Å²) in [7, 11) is 0. The maximum Gasteiger partial charge on any atom is 0.303 e. The molecule has 0 saturated carbocycles. The largest absolute Gasteiger partial charge is 0.457 e. The summed E-state index contributed by atoms with van der Waals surface area (Å²) in [6, 6.07) is 0. The van der Waals surface area contributed by atoms with Gasteiger partial charge in [0, 0.05) is 6.92 Å². The van der Waals surface area contributed by atoms with Crippen LogP contribution < -0.4 is 5.73 Å². The Balaban J connectivity index is 1.60. The van der Waals surface area contributed by atoms with E-state index >= 15 is 0 Å². The minimum absolute atomic E-state index is 0.304. The fourth-order valence-electron chi connectivity index (χ4n) is 3.25. The number of fused-ring (bicyclic) bond motifs is 2. The van der Waals surface area contributed by atoms with Gasteiger partial charge in [0.25, 0.3) is 0 Å². The number of nitrogens with zero attached hydrogens (tertiary/aromatic N) is 4. The third kappa shape index (κ3) is 2.81. The third-order valence-electron chi connectivity index (χ3n) is 4.20. The van der Waals surface area contributed by atoms with Gasteiger partial charge in [-0.05, 0) is 13.8 Å². The van der Waals surface area contributed by atoms with Crippen molar-refractivity contribution in [3.05, 3.63) is 12.7 Å². The van der Waals surface area contributed by atoms with Gasteiger partial charge in [0.15, 0.2) is 35.8 Å². The van der Waals surface area contributed by atoms with Crippen LogP contribution in [0.5, 0.6) is 0 Å². The molecule has 0 spiro atoms. The van der Waals surface area contributed by atoms with Crippen molar-refractivity contribution < 1.29 is 23.7 Å². The number of hydrogen-bond acceptors (Lipinski definition) is 9. The van der Waals surface area contributed by atoms with Gasteiger partial charge in [-0.3, -0.25) is 4.79 Å².